The van der Waals surface area contributed by atoms with Gasteiger partial charge >= 0.3 is 0 Å². The van der Waals surface area contributed by atoms with Crippen molar-refractivity contribution in [3.8, 4) is 5.75 Å². The van der Waals surface area contributed by atoms with Crippen LogP contribution in [0.25, 0.3) is 0 Å². The minimum Gasteiger partial charge on any atom is -0.497 e. The lowest BCUT2D eigenvalue weighted by Gasteiger charge is -2.11. The van der Waals surface area contributed by atoms with E-state index in [4.69, 9.17) is 27.9 Å². The fourth-order valence-electron chi connectivity index (χ4n) is 1.64. The lowest BCUT2D eigenvalue weighted by Crippen LogP contribution is -1.94. The molecular weight excluding hydrogens is 274 g/mol. The van der Waals surface area contributed by atoms with Crippen molar-refractivity contribution in [1.82, 2.24) is 0 Å². The molecule has 0 spiro atoms. The zero-order valence-electron chi connectivity index (χ0n) is 9.66. The monoisotopic (exact) mass is 284 g/mol. The lowest BCUT2D eigenvalue weighted by molar-refractivity contribution is 0.414. The molecule has 1 atom stereocenters. The molecule has 0 bridgehead atoms. The molecular formula is C14H11Cl2FO. The summed E-state index contributed by atoms with van der Waals surface area (Å²) in [4.78, 5) is 0. The number of ether oxygens (including phenoxy) is 1. The van der Waals surface area contributed by atoms with Crippen LogP contribution in [-0.4, -0.2) is 7.11 Å². The molecule has 0 aliphatic rings. The van der Waals surface area contributed by atoms with Gasteiger partial charge in [0, 0.05) is 0 Å². The molecule has 0 aliphatic heterocycles. The predicted octanol–water partition coefficient (Wildman–Crippen LogP) is 4.82. The second-order valence-electron chi connectivity index (χ2n) is 3.81. The van der Waals surface area contributed by atoms with Crippen LogP contribution in [0, 0.1) is 5.82 Å². The second kappa shape index (κ2) is 5.59. The smallest absolute Gasteiger partial charge is 0.141 e. The Morgan fingerprint density at radius 2 is 1.67 bits per heavy atom. The number of methoxy groups -OCH3 is 1. The van der Waals surface area contributed by atoms with E-state index in [9.17, 15) is 4.39 Å². The van der Waals surface area contributed by atoms with Gasteiger partial charge in [0.15, 0.2) is 0 Å². The average Bonchev–Trinajstić information content (AvgIpc) is 2.41. The third-order valence-electron chi connectivity index (χ3n) is 2.64. The fraction of sp³-hybridized carbons (Fsp3) is 0.143. The van der Waals surface area contributed by atoms with Crippen LogP contribution in [0.4, 0.5) is 4.39 Å². The predicted molar refractivity (Wildman–Crippen MR) is 72.1 cm³/mol. The molecule has 0 fully saturated rings. The maximum atomic E-state index is 13.1. The second-order valence-corrected chi connectivity index (χ2v) is 4.65. The van der Waals surface area contributed by atoms with E-state index in [1.165, 1.54) is 6.07 Å². The van der Waals surface area contributed by atoms with Gasteiger partial charge in [-0.25, -0.2) is 4.39 Å². The molecule has 94 valence electrons. The number of halogens is 3. The number of alkyl halides is 1. The van der Waals surface area contributed by atoms with Gasteiger partial charge in [-0.2, -0.15) is 0 Å². The van der Waals surface area contributed by atoms with Crippen LogP contribution in [-0.2, 0) is 0 Å². The number of hydrogen-bond acceptors (Lipinski definition) is 1. The van der Waals surface area contributed by atoms with Crippen LogP contribution in [0.15, 0.2) is 42.5 Å². The highest BCUT2D eigenvalue weighted by atomic mass is 35.5. The Morgan fingerprint density at radius 3 is 2.22 bits per heavy atom. The molecule has 0 N–H and O–H groups in total. The molecule has 0 amide bonds. The quantitative estimate of drug-likeness (QED) is 0.735. The van der Waals surface area contributed by atoms with Crippen molar-refractivity contribution in [2.24, 2.45) is 0 Å². The summed E-state index contributed by atoms with van der Waals surface area (Å²) in [7, 11) is 1.60. The van der Waals surface area contributed by atoms with Gasteiger partial charge in [-0.15, -0.1) is 11.6 Å². The summed E-state index contributed by atoms with van der Waals surface area (Å²) in [5, 5.41) is -0.291. The summed E-state index contributed by atoms with van der Waals surface area (Å²) in [5.41, 5.74) is 1.66. The van der Waals surface area contributed by atoms with Crippen LogP contribution in [0.1, 0.15) is 16.5 Å². The van der Waals surface area contributed by atoms with Gasteiger partial charge in [0.2, 0.25) is 0 Å². The van der Waals surface area contributed by atoms with Gasteiger partial charge in [0.25, 0.3) is 0 Å². The van der Waals surface area contributed by atoms with Gasteiger partial charge in [0.05, 0.1) is 17.5 Å². The Labute approximate surface area is 115 Å². The van der Waals surface area contributed by atoms with Crippen LogP contribution in [0.5, 0.6) is 5.75 Å². The molecule has 2 rings (SSSR count). The third kappa shape index (κ3) is 2.77. The van der Waals surface area contributed by atoms with Crippen molar-refractivity contribution in [2.75, 3.05) is 7.11 Å². The van der Waals surface area contributed by atoms with Crippen molar-refractivity contribution < 1.29 is 9.13 Å². The first-order chi connectivity index (χ1) is 8.61. The largest absolute Gasteiger partial charge is 0.497 e. The summed E-state index contributed by atoms with van der Waals surface area (Å²) < 4.78 is 18.1. The number of rotatable bonds is 3. The van der Waals surface area contributed by atoms with E-state index < -0.39 is 5.82 Å². The van der Waals surface area contributed by atoms with Gasteiger partial charge in [-0.3, -0.25) is 0 Å². The summed E-state index contributed by atoms with van der Waals surface area (Å²) >= 11 is 12.1. The molecule has 0 heterocycles. The SMILES string of the molecule is COc1ccc(C(Cl)c2ccc(F)c(Cl)c2)cc1. The normalized spacial score (nSPS) is 12.2. The highest BCUT2D eigenvalue weighted by Gasteiger charge is 2.12. The summed E-state index contributed by atoms with van der Waals surface area (Å²) in [6.45, 7) is 0. The highest BCUT2D eigenvalue weighted by Crippen LogP contribution is 2.31. The van der Waals surface area contributed by atoms with E-state index in [2.05, 4.69) is 0 Å². The van der Waals surface area contributed by atoms with Gasteiger partial charge < -0.3 is 4.74 Å². The minimum absolute atomic E-state index is 0.0756. The lowest BCUT2D eigenvalue weighted by atomic mass is 10.0. The van der Waals surface area contributed by atoms with Crippen LogP contribution < -0.4 is 4.74 Å². The van der Waals surface area contributed by atoms with Gasteiger partial charge in [0.1, 0.15) is 11.6 Å². The molecule has 2 aromatic carbocycles. The zero-order chi connectivity index (χ0) is 13.1. The van der Waals surface area contributed by atoms with E-state index in [1.807, 2.05) is 24.3 Å². The molecule has 1 unspecified atom stereocenters. The molecule has 0 saturated carbocycles. The van der Waals surface area contributed by atoms with Crippen molar-refractivity contribution in [1.29, 1.82) is 0 Å². The Morgan fingerprint density at radius 1 is 1.06 bits per heavy atom. The summed E-state index contributed by atoms with van der Waals surface area (Å²) in [6, 6.07) is 11.9. The Bertz CT molecular complexity index is 540. The Kier molecular flexibility index (Phi) is 4.10. The first kappa shape index (κ1) is 13.2. The summed E-state index contributed by atoms with van der Waals surface area (Å²) in [5.74, 6) is 0.318. The van der Waals surface area contributed by atoms with Crippen LogP contribution >= 0.6 is 23.2 Å². The fourth-order valence-corrected chi connectivity index (χ4v) is 2.11. The van der Waals surface area contributed by atoms with Crippen LogP contribution in [0.2, 0.25) is 5.02 Å². The Hall–Kier alpha value is -1.25. The maximum absolute atomic E-state index is 13.1. The van der Waals surface area contributed by atoms with Crippen molar-refractivity contribution in [3.05, 3.63) is 64.4 Å². The standard InChI is InChI=1S/C14H11Cl2FO/c1-18-11-5-2-9(3-6-11)14(16)10-4-7-13(17)12(15)8-10/h2-8,14H,1H3. The molecule has 4 heteroatoms. The maximum Gasteiger partial charge on any atom is 0.141 e. The van der Waals surface area contributed by atoms with Crippen molar-refractivity contribution in [2.45, 2.75) is 5.38 Å². The molecule has 0 aliphatic carbocycles. The minimum atomic E-state index is -0.445. The van der Waals surface area contributed by atoms with Crippen LogP contribution in [0.3, 0.4) is 0 Å². The van der Waals surface area contributed by atoms with E-state index in [0.29, 0.717) is 0 Å². The summed E-state index contributed by atoms with van der Waals surface area (Å²) in [6.07, 6.45) is 0. The molecule has 2 aromatic rings. The van der Waals surface area contributed by atoms with E-state index in [0.717, 1.165) is 16.9 Å². The van der Waals surface area contributed by atoms with E-state index >= 15 is 0 Å². The number of benzene rings is 2. The topological polar surface area (TPSA) is 9.23 Å². The van der Waals surface area contributed by atoms with Gasteiger partial charge in [-0.1, -0.05) is 29.8 Å². The zero-order valence-corrected chi connectivity index (χ0v) is 11.2. The molecule has 0 radical (unpaired) electrons. The average molecular weight is 285 g/mol. The van der Waals surface area contributed by atoms with Crippen molar-refractivity contribution in [3.63, 3.8) is 0 Å². The molecule has 1 nitrogen and oxygen atoms in total. The third-order valence-corrected chi connectivity index (χ3v) is 3.44. The first-order valence-electron chi connectivity index (χ1n) is 5.35. The molecule has 0 aromatic heterocycles. The Balaban J connectivity index is 2.28. The van der Waals surface area contributed by atoms with Crippen molar-refractivity contribution >= 4 is 23.2 Å². The highest BCUT2D eigenvalue weighted by molar-refractivity contribution is 6.31. The molecule has 0 saturated heterocycles. The van der Waals surface area contributed by atoms with E-state index in [1.54, 1.807) is 19.2 Å². The van der Waals surface area contributed by atoms with Gasteiger partial charge in [-0.05, 0) is 35.4 Å². The number of hydrogen-bond donors (Lipinski definition) is 0. The first-order valence-corrected chi connectivity index (χ1v) is 6.16. The molecule has 18 heavy (non-hydrogen) atoms. The van der Waals surface area contributed by atoms with E-state index in [-0.39, 0.29) is 10.4 Å².